The van der Waals surface area contributed by atoms with Crippen LogP contribution in [0.5, 0.6) is 0 Å². The molecule has 3 aromatic rings. The van der Waals surface area contributed by atoms with Crippen molar-refractivity contribution in [1.29, 1.82) is 0 Å². The molecule has 8 heteroatoms. The van der Waals surface area contributed by atoms with Crippen molar-refractivity contribution in [3.63, 3.8) is 0 Å². The number of hydrogen-bond acceptors (Lipinski definition) is 3. The molecule has 1 unspecified atom stereocenters. The van der Waals surface area contributed by atoms with E-state index in [1.807, 2.05) is 36.0 Å². The Morgan fingerprint density at radius 3 is 2.69 bits per heavy atom. The average molecular weight is 363 g/mol. The monoisotopic (exact) mass is 363 g/mol. The maximum absolute atomic E-state index is 12.5. The van der Waals surface area contributed by atoms with E-state index in [0.29, 0.717) is 5.56 Å². The molecule has 3 rings (SSSR count). The zero-order chi connectivity index (χ0) is 18.9. The molecule has 1 atom stereocenters. The SMILES string of the molecule is Cn1ccc2cc(C(O)CNC(=O)c3ccc(C(F)(F)F)nc3)ccc21. The lowest BCUT2D eigenvalue weighted by Gasteiger charge is -2.13. The molecular weight excluding hydrogens is 347 g/mol. The fourth-order valence-electron chi connectivity index (χ4n) is 2.61. The molecule has 26 heavy (non-hydrogen) atoms. The molecule has 0 aliphatic heterocycles. The van der Waals surface area contributed by atoms with Crippen molar-refractivity contribution < 1.29 is 23.1 Å². The van der Waals surface area contributed by atoms with Gasteiger partial charge in [0.15, 0.2) is 0 Å². The molecule has 0 spiro atoms. The first-order valence-electron chi connectivity index (χ1n) is 7.80. The Morgan fingerprint density at radius 2 is 2.04 bits per heavy atom. The number of nitrogens with one attached hydrogen (secondary N) is 1. The smallest absolute Gasteiger partial charge is 0.387 e. The van der Waals surface area contributed by atoms with Gasteiger partial charge in [-0.1, -0.05) is 6.07 Å². The van der Waals surface area contributed by atoms with Gasteiger partial charge in [-0.25, -0.2) is 0 Å². The minimum Gasteiger partial charge on any atom is -0.387 e. The van der Waals surface area contributed by atoms with Crippen molar-refractivity contribution in [2.45, 2.75) is 12.3 Å². The van der Waals surface area contributed by atoms with Gasteiger partial charge < -0.3 is 15.0 Å². The number of aromatic nitrogens is 2. The highest BCUT2D eigenvalue weighted by molar-refractivity contribution is 5.93. The van der Waals surface area contributed by atoms with Gasteiger partial charge in [-0.2, -0.15) is 13.2 Å². The van der Waals surface area contributed by atoms with E-state index in [1.54, 1.807) is 6.07 Å². The highest BCUT2D eigenvalue weighted by Crippen LogP contribution is 2.27. The maximum atomic E-state index is 12.5. The molecule has 1 aromatic carbocycles. The largest absolute Gasteiger partial charge is 0.433 e. The van der Waals surface area contributed by atoms with E-state index in [9.17, 15) is 23.1 Å². The molecular formula is C18H16F3N3O2. The first-order valence-corrected chi connectivity index (χ1v) is 7.80. The fraction of sp³-hybridized carbons (Fsp3) is 0.222. The second-order valence-electron chi connectivity index (χ2n) is 5.90. The summed E-state index contributed by atoms with van der Waals surface area (Å²) in [5, 5.41) is 13.7. The van der Waals surface area contributed by atoms with Gasteiger partial charge in [-0.3, -0.25) is 9.78 Å². The maximum Gasteiger partial charge on any atom is 0.433 e. The molecule has 5 nitrogen and oxygen atoms in total. The number of pyridine rings is 1. The van der Waals surface area contributed by atoms with Crippen molar-refractivity contribution >= 4 is 16.8 Å². The third-order valence-corrected chi connectivity index (χ3v) is 4.07. The molecule has 0 fully saturated rings. The standard InChI is InChI=1S/C18H16F3N3O2/c1-24-7-6-11-8-12(2-4-14(11)24)15(25)10-23-17(26)13-3-5-16(22-9-13)18(19,20)21/h2-9,15,25H,10H2,1H3,(H,23,26). The number of nitrogens with zero attached hydrogens (tertiary/aromatic N) is 2. The summed E-state index contributed by atoms with van der Waals surface area (Å²) in [5.41, 5.74) is 0.573. The van der Waals surface area contributed by atoms with E-state index in [0.717, 1.165) is 29.2 Å². The molecule has 0 radical (unpaired) electrons. The zero-order valence-corrected chi connectivity index (χ0v) is 13.8. The molecule has 0 saturated carbocycles. The molecule has 136 valence electrons. The summed E-state index contributed by atoms with van der Waals surface area (Å²) in [6.07, 6.45) is -2.73. The van der Waals surface area contributed by atoms with E-state index < -0.39 is 23.9 Å². The summed E-state index contributed by atoms with van der Waals surface area (Å²) in [6, 6.07) is 9.17. The molecule has 1 amide bonds. The van der Waals surface area contributed by atoms with Crippen LogP contribution < -0.4 is 5.32 Å². The Labute approximate surface area is 147 Å². The molecule has 0 saturated heterocycles. The van der Waals surface area contributed by atoms with Crippen molar-refractivity contribution in [1.82, 2.24) is 14.9 Å². The van der Waals surface area contributed by atoms with Crippen LogP contribution in [0.1, 0.15) is 27.7 Å². The van der Waals surface area contributed by atoms with E-state index >= 15 is 0 Å². The van der Waals surface area contributed by atoms with E-state index in [4.69, 9.17) is 0 Å². The molecule has 2 N–H and O–H groups in total. The van der Waals surface area contributed by atoms with E-state index in [-0.39, 0.29) is 12.1 Å². The van der Waals surface area contributed by atoms with Gasteiger partial charge in [0, 0.05) is 31.5 Å². The number of fused-ring (bicyclic) bond motifs is 1. The molecule has 2 aromatic heterocycles. The number of carbonyl (C=O) groups is 1. The van der Waals surface area contributed by atoms with Crippen LogP contribution >= 0.6 is 0 Å². The molecule has 2 heterocycles. The van der Waals surface area contributed by atoms with Gasteiger partial charge in [0.1, 0.15) is 5.69 Å². The number of hydrogen-bond donors (Lipinski definition) is 2. The second-order valence-corrected chi connectivity index (χ2v) is 5.90. The van der Waals surface area contributed by atoms with Gasteiger partial charge in [0.05, 0.1) is 11.7 Å². The number of benzene rings is 1. The number of alkyl halides is 3. The first kappa shape index (κ1) is 17.9. The van der Waals surface area contributed by atoms with Gasteiger partial charge in [0.25, 0.3) is 5.91 Å². The minimum atomic E-state index is -4.55. The average Bonchev–Trinajstić information content (AvgIpc) is 2.99. The number of rotatable bonds is 4. The normalized spacial score (nSPS) is 13.0. The number of aryl methyl sites for hydroxylation is 1. The lowest BCUT2D eigenvalue weighted by atomic mass is 10.1. The second kappa shape index (κ2) is 6.80. The number of carbonyl (C=O) groups excluding carboxylic acids is 1. The Bertz CT molecular complexity index is 933. The number of halogens is 3. The Kier molecular flexibility index (Phi) is 4.69. The van der Waals surface area contributed by atoms with Crippen LogP contribution in [0, 0.1) is 0 Å². The van der Waals surface area contributed by atoms with Crippen LogP contribution in [-0.4, -0.2) is 27.1 Å². The van der Waals surface area contributed by atoms with Crippen molar-refractivity contribution in [2.75, 3.05) is 6.54 Å². The van der Waals surface area contributed by atoms with Crippen LogP contribution in [0.3, 0.4) is 0 Å². The van der Waals surface area contributed by atoms with E-state index in [1.165, 1.54) is 0 Å². The molecule has 0 bridgehead atoms. The zero-order valence-electron chi connectivity index (χ0n) is 13.8. The van der Waals surface area contributed by atoms with Crippen LogP contribution in [-0.2, 0) is 13.2 Å². The van der Waals surface area contributed by atoms with Crippen LogP contribution in [0.15, 0.2) is 48.8 Å². The first-order chi connectivity index (χ1) is 12.3. The van der Waals surface area contributed by atoms with Gasteiger partial charge >= 0.3 is 6.18 Å². The lowest BCUT2D eigenvalue weighted by Crippen LogP contribution is -2.28. The Morgan fingerprint density at radius 1 is 1.27 bits per heavy atom. The third-order valence-electron chi connectivity index (χ3n) is 4.07. The van der Waals surface area contributed by atoms with Gasteiger partial charge in [0.2, 0.25) is 0 Å². The van der Waals surface area contributed by atoms with Crippen LogP contribution in [0.2, 0.25) is 0 Å². The summed E-state index contributed by atoms with van der Waals surface area (Å²) in [4.78, 5) is 15.3. The molecule has 0 aliphatic carbocycles. The third kappa shape index (κ3) is 3.70. The summed E-state index contributed by atoms with van der Waals surface area (Å²) >= 11 is 0. The van der Waals surface area contributed by atoms with Crippen molar-refractivity contribution in [3.05, 3.63) is 65.6 Å². The lowest BCUT2D eigenvalue weighted by molar-refractivity contribution is -0.141. The quantitative estimate of drug-likeness (QED) is 0.749. The van der Waals surface area contributed by atoms with Crippen LogP contribution in [0.4, 0.5) is 13.2 Å². The number of amides is 1. The highest BCUT2D eigenvalue weighted by Gasteiger charge is 2.32. The summed E-state index contributed by atoms with van der Waals surface area (Å²) in [7, 11) is 1.91. The fourth-order valence-corrected chi connectivity index (χ4v) is 2.61. The van der Waals surface area contributed by atoms with Gasteiger partial charge in [-0.15, -0.1) is 0 Å². The Hall–Kier alpha value is -2.87. The number of aliphatic hydroxyl groups excluding tert-OH is 1. The minimum absolute atomic E-state index is 0.0105. The topological polar surface area (TPSA) is 67.2 Å². The van der Waals surface area contributed by atoms with Crippen LogP contribution in [0.25, 0.3) is 10.9 Å². The van der Waals surface area contributed by atoms with Crippen molar-refractivity contribution in [2.24, 2.45) is 7.05 Å². The Balaban J connectivity index is 1.64. The summed E-state index contributed by atoms with van der Waals surface area (Å²) in [5.74, 6) is -0.605. The highest BCUT2D eigenvalue weighted by atomic mass is 19.4. The van der Waals surface area contributed by atoms with Gasteiger partial charge in [-0.05, 0) is 41.3 Å². The predicted molar refractivity (Wildman–Crippen MR) is 89.5 cm³/mol. The summed E-state index contributed by atoms with van der Waals surface area (Å²) < 4.78 is 39.4. The predicted octanol–water partition coefficient (Wildman–Crippen LogP) is 3.06. The van der Waals surface area contributed by atoms with E-state index in [2.05, 4.69) is 10.3 Å². The molecule has 0 aliphatic rings. The number of aliphatic hydroxyl groups is 1. The van der Waals surface area contributed by atoms with Crippen molar-refractivity contribution in [3.8, 4) is 0 Å². The summed E-state index contributed by atoms with van der Waals surface area (Å²) in [6.45, 7) is -0.0712.